The molecule has 0 spiro atoms. The number of imide groups is 1. The van der Waals surface area contributed by atoms with Crippen LogP contribution in [-0.4, -0.2) is 69.3 Å². The van der Waals surface area contributed by atoms with Crippen molar-refractivity contribution in [2.45, 2.75) is 4.90 Å². The summed E-state index contributed by atoms with van der Waals surface area (Å²) in [7, 11) is -0.785. The largest absolute Gasteiger partial charge is 0.452 e. The van der Waals surface area contributed by atoms with Crippen LogP contribution in [0.25, 0.3) is 0 Å². The number of sulfonamides is 1. The summed E-state index contributed by atoms with van der Waals surface area (Å²) in [4.78, 5) is 35.9. The summed E-state index contributed by atoms with van der Waals surface area (Å²) >= 11 is 0. The zero-order valence-electron chi connectivity index (χ0n) is 13.2. The predicted molar refractivity (Wildman–Crippen MR) is 82.7 cm³/mol. The van der Waals surface area contributed by atoms with E-state index in [1.165, 1.54) is 38.4 Å². The Balaban J connectivity index is 1.98. The zero-order chi connectivity index (χ0) is 17.9. The fourth-order valence-corrected chi connectivity index (χ4v) is 2.87. The molecule has 0 bridgehead atoms. The van der Waals surface area contributed by atoms with Crippen LogP contribution in [0.5, 0.6) is 0 Å². The van der Waals surface area contributed by atoms with Gasteiger partial charge < -0.3 is 10.1 Å². The number of urea groups is 1. The Hall–Kier alpha value is -2.46. The molecule has 0 radical (unpaired) electrons. The molecule has 1 aromatic rings. The standard InChI is InChI=1S/C14H17N3O6S/c1-16(2)24(21,22)11-5-3-10(4-6-11)13(19)23-9-12(18)17-8-7-15-14(17)20/h3-6H,7-9H2,1-2H3,(H,15,20). The summed E-state index contributed by atoms with van der Waals surface area (Å²) in [5.74, 6) is -1.40. The van der Waals surface area contributed by atoms with Gasteiger partial charge in [0.2, 0.25) is 10.0 Å². The molecule has 0 aromatic heterocycles. The first-order chi connectivity index (χ1) is 11.2. The Labute approximate surface area is 139 Å². The van der Waals surface area contributed by atoms with Gasteiger partial charge in [-0.2, -0.15) is 0 Å². The molecule has 2 rings (SSSR count). The molecule has 1 saturated heterocycles. The minimum absolute atomic E-state index is 0.0360. The minimum Gasteiger partial charge on any atom is -0.452 e. The summed E-state index contributed by atoms with van der Waals surface area (Å²) in [6.07, 6.45) is 0. The number of rotatable bonds is 5. The van der Waals surface area contributed by atoms with Gasteiger partial charge in [0.25, 0.3) is 5.91 Å². The fraction of sp³-hybridized carbons (Fsp3) is 0.357. The van der Waals surface area contributed by atoms with Crippen molar-refractivity contribution in [2.24, 2.45) is 0 Å². The summed E-state index contributed by atoms with van der Waals surface area (Å²) in [6.45, 7) is 0.0244. The molecule has 1 aromatic carbocycles. The Morgan fingerprint density at radius 2 is 1.88 bits per heavy atom. The van der Waals surface area contributed by atoms with Gasteiger partial charge in [0.1, 0.15) is 0 Å². The van der Waals surface area contributed by atoms with Crippen molar-refractivity contribution in [3.05, 3.63) is 29.8 Å². The number of nitrogens with one attached hydrogen (secondary N) is 1. The van der Waals surface area contributed by atoms with Gasteiger partial charge in [-0.15, -0.1) is 0 Å². The van der Waals surface area contributed by atoms with E-state index in [2.05, 4.69) is 5.32 Å². The van der Waals surface area contributed by atoms with E-state index in [1.54, 1.807) is 0 Å². The van der Waals surface area contributed by atoms with E-state index in [-0.39, 0.29) is 17.0 Å². The average Bonchev–Trinajstić information content (AvgIpc) is 2.98. The molecule has 1 aliphatic heterocycles. The van der Waals surface area contributed by atoms with Crippen molar-refractivity contribution in [3.63, 3.8) is 0 Å². The molecule has 1 N–H and O–H groups in total. The van der Waals surface area contributed by atoms with Crippen molar-refractivity contribution in [1.29, 1.82) is 0 Å². The lowest BCUT2D eigenvalue weighted by atomic mass is 10.2. The van der Waals surface area contributed by atoms with Gasteiger partial charge in [0.05, 0.1) is 10.5 Å². The lowest BCUT2D eigenvalue weighted by Crippen LogP contribution is -2.37. The van der Waals surface area contributed by atoms with Crippen LogP contribution in [0.2, 0.25) is 0 Å². The molecule has 0 atom stereocenters. The summed E-state index contributed by atoms with van der Waals surface area (Å²) in [6, 6.07) is 4.63. The van der Waals surface area contributed by atoms with E-state index in [1.807, 2.05) is 0 Å². The van der Waals surface area contributed by atoms with Crippen LogP contribution >= 0.6 is 0 Å². The molecule has 3 amide bonds. The highest BCUT2D eigenvalue weighted by atomic mass is 32.2. The quantitative estimate of drug-likeness (QED) is 0.722. The topological polar surface area (TPSA) is 113 Å². The molecule has 10 heteroatoms. The van der Waals surface area contributed by atoms with Crippen LogP contribution in [0.4, 0.5) is 4.79 Å². The Bertz CT molecular complexity index is 757. The van der Waals surface area contributed by atoms with Gasteiger partial charge in [-0.25, -0.2) is 22.3 Å². The number of amides is 3. The molecule has 9 nitrogen and oxygen atoms in total. The van der Waals surface area contributed by atoms with Gasteiger partial charge in [-0.05, 0) is 24.3 Å². The summed E-state index contributed by atoms with van der Waals surface area (Å²) in [5, 5.41) is 2.46. The smallest absolute Gasteiger partial charge is 0.338 e. The second-order valence-electron chi connectivity index (χ2n) is 5.17. The van der Waals surface area contributed by atoms with Crippen LogP contribution in [0.15, 0.2) is 29.2 Å². The summed E-state index contributed by atoms with van der Waals surface area (Å²) < 4.78 is 29.8. The number of benzene rings is 1. The number of nitrogens with zero attached hydrogens (tertiary/aromatic N) is 2. The number of ether oxygens (including phenoxy) is 1. The SMILES string of the molecule is CN(C)S(=O)(=O)c1ccc(C(=O)OCC(=O)N2CCNC2=O)cc1. The van der Waals surface area contributed by atoms with E-state index in [9.17, 15) is 22.8 Å². The minimum atomic E-state index is -3.59. The van der Waals surface area contributed by atoms with Crippen LogP contribution in [0.3, 0.4) is 0 Å². The second kappa shape index (κ2) is 6.97. The predicted octanol–water partition coefficient (Wildman–Crippen LogP) is -0.354. The third-order valence-corrected chi connectivity index (χ3v) is 5.18. The molecule has 0 saturated carbocycles. The van der Waals surface area contributed by atoms with Crippen LogP contribution in [0, 0.1) is 0 Å². The number of hydrogen-bond donors (Lipinski definition) is 1. The molecular formula is C14H17N3O6S. The molecule has 1 aliphatic rings. The maximum Gasteiger partial charge on any atom is 0.338 e. The third-order valence-electron chi connectivity index (χ3n) is 3.35. The fourth-order valence-electron chi connectivity index (χ4n) is 1.97. The number of hydrogen-bond acceptors (Lipinski definition) is 6. The lowest BCUT2D eigenvalue weighted by molar-refractivity contribution is -0.130. The maximum atomic E-state index is 11.9. The highest BCUT2D eigenvalue weighted by Gasteiger charge is 2.27. The van der Waals surface area contributed by atoms with E-state index in [4.69, 9.17) is 4.74 Å². The zero-order valence-corrected chi connectivity index (χ0v) is 14.0. The van der Waals surface area contributed by atoms with Crippen molar-refractivity contribution in [1.82, 2.24) is 14.5 Å². The van der Waals surface area contributed by atoms with E-state index >= 15 is 0 Å². The number of esters is 1. The van der Waals surface area contributed by atoms with Crippen molar-refractivity contribution < 1.29 is 27.5 Å². The van der Waals surface area contributed by atoms with Crippen molar-refractivity contribution >= 4 is 27.9 Å². The van der Waals surface area contributed by atoms with E-state index in [0.29, 0.717) is 6.54 Å². The first-order valence-electron chi connectivity index (χ1n) is 7.01. The van der Waals surface area contributed by atoms with Gasteiger partial charge in [0.15, 0.2) is 6.61 Å². The van der Waals surface area contributed by atoms with Crippen LogP contribution < -0.4 is 5.32 Å². The maximum absolute atomic E-state index is 11.9. The third kappa shape index (κ3) is 3.71. The average molecular weight is 355 g/mol. The van der Waals surface area contributed by atoms with Crippen molar-refractivity contribution in [2.75, 3.05) is 33.8 Å². The molecule has 0 unspecified atom stereocenters. The first-order valence-corrected chi connectivity index (χ1v) is 8.45. The molecule has 1 fully saturated rings. The van der Waals surface area contributed by atoms with E-state index < -0.39 is 34.5 Å². The van der Waals surface area contributed by atoms with Crippen LogP contribution in [-0.2, 0) is 19.6 Å². The molecule has 1 heterocycles. The van der Waals surface area contributed by atoms with Crippen LogP contribution in [0.1, 0.15) is 10.4 Å². The van der Waals surface area contributed by atoms with Gasteiger partial charge in [-0.1, -0.05) is 0 Å². The Morgan fingerprint density at radius 1 is 1.25 bits per heavy atom. The van der Waals surface area contributed by atoms with E-state index in [0.717, 1.165) is 9.21 Å². The Kier molecular flexibility index (Phi) is 5.20. The first kappa shape index (κ1) is 17.9. The van der Waals surface area contributed by atoms with Gasteiger partial charge >= 0.3 is 12.0 Å². The number of carbonyl (C=O) groups is 3. The highest BCUT2D eigenvalue weighted by Crippen LogP contribution is 2.14. The Morgan fingerprint density at radius 3 is 2.38 bits per heavy atom. The number of carbonyl (C=O) groups excluding carboxylic acids is 3. The molecular weight excluding hydrogens is 338 g/mol. The van der Waals surface area contributed by atoms with Gasteiger partial charge in [-0.3, -0.25) is 9.69 Å². The monoisotopic (exact) mass is 355 g/mol. The van der Waals surface area contributed by atoms with Gasteiger partial charge in [0, 0.05) is 27.2 Å². The summed E-state index contributed by atoms with van der Waals surface area (Å²) in [5.41, 5.74) is 0.103. The molecule has 0 aliphatic carbocycles. The van der Waals surface area contributed by atoms with Crippen molar-refractivity contribution in [3.8, 4) is 0 Å². The lowest BCUT2D eigenvalue weighted by Gasteiger charge is -2.13. The molecule has 24 heavy (non-hydrogen) atoms. The normalized spacial score (nSPS) is 14.6. The molecule has 130 valence electrons. The second-order valence-corrected chi connectivity index (χ2v) is 7.32. The highest BCUT2D eigenvalue weighted by molar-refractivity contribution is 7.89.